The molecule has 3 rings (SSSR count). The molecule has 0 aromatic heterocycles. The molecule has 3 aromatic rings. The Bertz CT molecular complexity index is 1040. The van der Waals surface area contributed by atoms with Crippen LogP contribution in [0.4, 0.5) is 5.69 Å². The van der Waals surface area contributed by atoms with E-state index < -0.39 is 0 Å². The topological polar surface area (TPSA) is 71.3 Å². The van der Waals surface area contributed by atoms with Gasteiger partial charge in [-0.2, -0.15) is 5.26 Å². The average molecular weight is 437 g/mol. The van der Waals surface area contributed by atoms with E-state index in [4.69, 9.17) is 14.7 Å². The number of methoxy groups -OCH3 is 1. The largest absolute Gasteiger partial charge is 0.496 e. The first kappa shape index (κ1) is 19.5. The van der Waals surface area contributed by atoms with Gasteiger partial charge in [-0.1, -0.05) is 18.2 Å². The molecule has 5 nitrogen and oxygen atoms in total. The number of ether oxygens (including phenoxy) is 2. The van der Waals surface area contributed by atoms with Gasteiger partial charge in [0.05, 0.1) is 23.2 Å². The summed E-state index contributed by atoms with van der Waals surface area (Å²) in [6.07, 6.45) is 0. The van der Waals surface area contributed by atoms with Crippen molar-refractivity contribution in [3.8, 4) is 17.6 Å². The number of nitrogens with one attached hydrogen (secondary N) is 1. The summed E-state index contributed by atoms with van der Waals surface area (Å²) >= 11 is 3.38. The molecule has 0 aliphatic heterocycles. The van der Waals surface area contributed by atoms with E-state index in [-0.39, 0.29) is 5.91 Å². The van der Waals surface area contributed by atoms with Crippen LogP contribution in [0, 0.1) is 11.3 Å². The van der Waals surface area contributed by atoms with E-state index in [1.165, 1.54) is 0 Å². The van der Waals surface area contributed by atoms with Gasteiger partial charge in [0.1, 0.15) is 18.1 Å². The Labute approximate surface area is 171 Å². The first-order valence-electron chi connectivity index (χ1n) is 8.46. The number of rotatable bonds is 6. The molecule has 0 bridgehead atoms. The molecule has 0 radical (unpaired) electrons. The Morgan fingerprint density at radius 1 is 1.11 bits per heavy atom. The van der Waals surface area contributed by atoms with Crippen LogP contribution in [-0.2, 0) is 6.61 Å². The second-order valence-corrected chi connectivity index (χ2v) is 6.79. The van der Waals surface area contributed by atoms with Gasteiger partial charge >= 0.3 is 0 Å². The summed E-state index contributed by atoms with van der Waals surface area (Å²) in [6.45, 7) is 0.332. The van der Waals surface area contributed by atoms with Gasteiger partial charge in [-0.25, -0.2) is 0 Å². The van der Waals surface area contributed by atoms with Gasteiger partial charge in [0.15, 0.2) is 0 Å². The Kier molecular flexibility index (Phi) is 6.30. The maximum Gasteiger partial charge on any atom is 0.255 e. The van der Waals surface area contributed by atoms with E-state index in [1.54, 1.807) is 55.6 Å². The lowest BCUT2D eigenvalue weighted by molar-refractivity contribution is 0.102. The molecule has 0 aliphatic rings. The fourth-order valence-corrected chi connectivity index (χ4v) is 3.11. The SMILES string of the molecule is COc1ccc(C(=O)Nc2cccc(OCc3cccc(C#N)c3)c2)cc1Br. The Morgan fingerprint density at radius 2 is 1.93 bits per heavy atom. The zero-order valence-electron chi connectivity index (χ0n) is 15.1. The molecule has 0 atom stereocenters. The molecule has 0 aliphatic carbocycles. The average Bonchev–Trinajstić information content (AvgIpc) is 2.72. The highest BCUT2D eigenvalue weighted by Crippen LogP contribution is 2.26. The van der Waals surface area contributed by atoms with Gasteiger partial charge in [0, 0.05) is 17.3 Å². The van der Waals surface area contributed by atoms with Crippen LogP contribution in [0.15, 0.2) is 71.2 Å². The first-order valence-corrected chi connectivity index (χ1v) is 9.25. The van der Waals surface area contributed by atoms with Gasteiger partial charge in [0.2, 0.25) is 0 Å². The highest BCUT2D eigenvalue weighted by atomic mass is 79.9. The number of benzene rings is 3. The van der Waals surface area contributed by atoms with Crippen LogP contribution in [0.5, 0.6) is 11.5 Å². The Balaban J connectivity index is 1.66. The predicted octanol–water partition coefficient (Wildman–Crippen LogP) is 5.16. The molecule has 3 aromatic carbocycles. The molecule has 0 heterocycles. The molecular formula is C22H17BrN2O3. The minimum atomic E-state index is -0.234. The third kappa shape index (κ3) is 4.90. The maximum absolute atomic E-state index is 12.5. The third-order valence-electron chi connectivity index (χ3n) is 3.97. The number of nitriles is 1. The number of carbonyl (C=O) groups is 1. The number of amides is 1. The molecular weight excluding hydrogens is 420 g/mol. The van der Waals surface area contributed by atoms with Crippen molar-refractivity contribution in [1.82, 2.24) is 0 Å². The minimum absolute atomic E-state index is 0.234. The zero-order chi connectivity index (χ0) is 19.9. The Hall–Kier alpha value is -3.30. The second kappa shape index (κ2) is 9.07. The smallest absolute Gasteiger partial charge is 0.255 e. The van der Waals surface area contributed by atoms with E-state index in [2.05, 4.69) is 27.3 Å². The van der Waals surface area contributed by atoms with Crippen molar-refractivity contribution in [2.75, 3.05) is 12.4 Å². The van der Waals surface area contributed by atoms with Crippen LogP contribution in [0.2, 0.25) is 0 Å². The molecule has 0 fully saturated rings. The monoisotopic (exact) mass is 436 g/mol. The van der Waals surface area contributed by atoms with Crippen LogP contribution < -0.4 is 14.8 Å². The summed E-state index contributed by atoms with van der Waals surface area (Å²) in [4.78, 5) is 12.5. The molecule has 0 saturated carbocycles. The van der Waals surface area contributed by atoms with E-state index >= 15 is 0 Å². The summed E-state index contributed by atoms with van der Waals surface area (Å²) in [5.74, 6) is 1.05. The number of carbonyl (C=O) groups excluding carboxylic acids is 1. The summed E-state index contributed by atoms with van der Waals surface area (Å²) in [5.41, 5.74) is 2.62. The summed E-state index contributed by atoms with van der Waals surface area (Å²) in [7, 11) is 1.57. The number of hydrogen-bond donors (Lipinski definition) is 1. The quantitative estimate of drug-likeness (QED) is 0.578. The molecule has 0 unspecified atom stereocenters. The number of halogens is 1. The molecule has 0 saturated heterocycles. The molecule has 1 amide bonds. The lowest BCUT2D eigenvalue weighted by Crippen LogP contribution is -2.12. The van der Waals surface area contributed by atoms with Crippen molar-refractivity contribution >= 4 is 27.5 Å². The molecule has 140 valence electrons. The summed E-state index contributed by atoms with van der Waals surface area (Å²) in [6, 6.07) is 21.7. The van der Waals surface area contributed by atoms with Crippen LogP contribution in [0.25, 0.3) is 0 Å². The molecule has 6 heteroatoms. The lowest BCUT2D eigenvalue weighted by atomic mass is 10.1. The van der Waals surface area contributed by atoms with Crippen molar-refractivity contribution < 1.29 is 14.3 Å². The minimum Gasteiger partial charge on any atom is -0.496 e. The number of anilines is 1. The van der Waals surface area contributed by atoms with Crippen molar-refractivity contribution in [2.45, 2.75) is 6.61 Å². The van der Waals surface area contributed by atoms with Crippen molar-refractivity contribution in [3.63, 3.8) is 0 Å². The predicted molar refractivity (Wildman–Crippen MR) is 111 cm³/mol. The fraction of sp³-hybridized carbons (Fsp3) is 0.0909. The number of nitrogens with zero attached hydrogens (tertiary/aromatic N) is 1. The summed E-state index contributed by atoms with van der Waals surface area (Å²) in [5, 5.41) is 11.8. The van der Waals surface area contributed by atoms with Gasteiger partial charge in [-0.3, -0.25) is 4.79 Å². The lowest BCUT2D eigenvalue weighted by Gasteiger charge is -2.10. The fourth-order valence-electron chi connectivity index (χ4n) is 2.57. The van der Waals surface area contributed by atoms with Crippen molar-refractivity contribution in [3.05, 3.63) is 87.9 Å². The van der Waals surface area contributed by atoms with Gasteiger partial charge in [-0.15, -0.1) is 0 Å². The normalized spacial score (nSPS) is 10.0. The van der Waals surface area contributed by atoms with Gasteiger partial charge in [0.25, 0.3) is 5.91 Å². The highest BCUT2D eigenvalue weighted by Gasteiger charge is 2.10. The summed E-state index contributed by atoms with van der Waals surface area (Å²) < 4.78 is 11.7. The number of hydrogen-bond acceptors (Lipinski definition) is 4. The molecule has 1 N–H and O–H groups in total. The molecule has 28 heavy (non-hydrogen) atoms. The van der Waals surface area contributed by atoms with Gasteiger partial charge < -0.3 is 14.8 Å². The van der Waals surface area contributed by atoms with E-state index in [0.717, 1.165) is 5.56 Å². The van der Waals surface area contributed by atoms with Crippen LogP contribution in [0.3, 0.4) is 0 Å². The van der Waals surface area contributed by atoms with Crippen molar-refractivity contribution in [2.24, 2.45) is 0 Å². The highest BCUT2D eigenvalue weighted by molar-refractivity contribution is 9.10. The molecule has 0 spiro atoms. The first-order chi connectivity index (χ1) is 13.6. The van der Waals surface area contributed by atoms with Crippen LogP contribution in [-0.4, -0.2) is 13.0 Å². The van der Waals surface area contributed by atoms with E-state index in [0.29, 0.717) is 39.4 Å². The van der Waals surface area contributed by atoms with Crippen LogP contribution in [0.1, 0.15) is 21.5 Å². The second-order valence-electron chi connectivity index (χ2n) is 5.93. The Morgan fingerprint density at radius 3 is 2.68 bits per heavy atom. The zero-order valence-corrected chi connectivity index (χ0v) is 16.7. The maximum atomic E-state index is 12.5. The van der Waals surface area contributed by atoms with E-state index in [1.807, 2.05) is 18.2 Å². The van der Waals surface area contributed by atoms with E-state index in [9.17, 15) is 4.79 Å². The standard InChI is InChI=1S/C22H17BrN2O3/c1-27-21-9-8-17(11-20(21)23)22(26)25-18-6-3-7-19(12-18)28-14-16-5-2-4-15(10-16)13-24/h2-12H,14H2,1H3,(H,25,26). The van der Waals surface area contributed by atoms with Crippen molar-refractivity contribution in [1.29, 1.82) is 5.26 Å². The third-order valence-corrected chi connectivity index (χ3v) is 4.59. The van der Waals surface area contributed by atoms with Gasteiger partial charge in [-0.05, 0) is 64.0 Å². The van der Waals surface area contributed by atoms with Crippen LogP contribution >= 0.6 is 15.9 Å².